The molecule has 1 heterocycles. The summed E-state index contributed by atoms with van der Waals surface area (Å²) in [5, 5.41) is 2.69. The molecule has 1 N–H and O–H groups in total. The van der Waals surface area contributed by atoms with Gasteiger partial charge in [-0.25, -0.2) is 9.59 Å². The number of nitrogens with one attached hydrogen (secondary N) is 1. The first-order chi connectivity index (χ1) is 14.2. The average Bonchev–Trinajstić information content (AvgIpc) is 2.70. The molecule has 2 amide bonds. The normalized spacial score (nSPS) is 14.9. The Hall–Kier alpha value is -3.28. The van der Waals surface area contributed by atoms with Crippen molar-refractivity contribution in [2.45, 2.75) is 46.1 Å². The zero-order valence-corrected chi connectivity index (χ0v) is 18.1. The number of anilines is 1. The van der Waals surface area contributed by atoms with Crippen LogP contribution in [0.3, 0.4) is 0 Å². The molecule has 0 fully saturated rings. The molecule has 160 valence electrons. The smallest absolute Gasteiger partial charge is 0.417 e. The monoisotopic (exact) mass is 410 g/mol. The van der Waals surface area contributed by atoms with Gasteiger partial charge in [0.05, 0.1) is 0 Å². The number of allylic oxidation sites excluding steroid dienone is 5. The van der Waals surface area contributed by atoms with Crippen LogP contribution in [0.4, 0.5) is 15.3 Å². The van der Waals surface area contributed by atoms with Crippen molar-refractivity contribution in [3.05, 3.63) is 72.7 Å². The van der Waals surface area contributed by atoms with Crippen molar-refractivity contribution in [1.82, 2.24) is 4.90 Å². The van der Waals surface area contributed by atoms with Gasteiger partial charge in [0, 0.05) is 18.4 Å². The van der Waals surface area contributed by atoms with Crippen molar-refractivity contribution in [2.75, 3.05) is 11.9 Å². The van der Waals surface area contributed by atoms with Crippen molar-refractivity contribution in [3.8, 4) is 0 Å². The van der Waals surface area contributed by atoms with Gasteiger partial charge in [-0.2, -0.15) is 0 Å². The molecule has 0 aliphatic carbocycles. The first-order valence-corrected chi connectivity index (χ1v) is 9.97. The van der Waals surface area contributed by atoms with Crippen molar-refractivity contribution < 1.29 is 19.1 Å². The van der Waals surface area contributed by atoms with Crippen LogP contribution in [-0.2, 0) is 9.47 Å². The minimum absolute atomic E-state index is 0.343. The highest BCUT2D eigenvalue weighted by atomic mass is 16.6. The summed E-state index contributed by atoms with van der Waals surface area (Å²) in [7, 11) is 0. The number of amides is 2. The fourth-order valence-corrected chi connectivity index (χ4v) is 2.79. The Balaban J connectivity index is 2.03. The number of nitrogens with zero attached hydrogens (tertiary/aromatic N) is 1. The zero-order chi connectivity index (χ0) is 22.1. The highest BCUT2D eigenvalue weighted by Gasteiger charge is 2.23. The van der Waals surface area contributed by atoms with Crippen LogP contribution in [0, 0.1) is 0 Å². The Morgan fingerprint density at radius 3 is 2.50 bits per heavy atom. The lowest BCUT2D eigenvalue weighted by Crippen LogP contribution is -2.35. The third-order valence-corrected chi connectivity index (χ3v) is 4.15. The van der Waals surface area contributed by atoms with Gasteiger partial charge in [0.15, 0.2) is 0 Å². The lowest BCUT2D eigenvalue weighted by molar-refractivity contribution is 0.0329. The Morgan fingerprint density at radius 2 is 1.90 bits per heavy atom. The minimum Gasteiger partial charge on any atom is -0.443 e. The third-order valence-electron chi connectivity index (χ3n) is 4.15. The molecule has 1 aromatic rings. The minimum atomic E-state index is -0.591. The molecule has 6 heteroatoms. The van der Waals surface area contributed by atoms with E-state index < -0.39 is 11.7 Å². The quantitative estimate of drug-likeness (QED) is 0.460. The van der Waals surface area contributed by atoms with Gasteiger partial charge in [-0.1, -0.05) is 30.9 Å². The van der Waals surface area contributed by atoms with E-state index in [-0.39, 0.29) is 6.09 Å². The lowest BCUT2D eigenvalue weighted by Gasteiger charge is -2.28. The maximum atomic E-state index is 12.3. The van der Waals surface area contributed by atoms with Crippen LogP contribution in [0.5, 0.6) is 0 Å². The molecule has 1 aromatic carbocycles. The highest BCUT2D eigenvalue weighted by Crippen LogP contribution is 2.27. The average molecular weight is 411 g/mol. The van der Waals surface area contributed by atoms with E-state index in [0.29, 0.717) is 18.0 Å². The SMILES string of the molecule is C=C/C(=C\C=C/C)OC(=O)Nc1ccc(C2=CN(C(=O)OC(C)(C)C)CCC2)cc1. The first-order valence-electron chi connectivity index (χ1n) is 9.97. The number of carbonyl (C=O) groups excluding carboxylic acids is 2. The molecule has 0 aromatic heterocycles. The van der Waals surface area contributed by atoms with Gasteiger partial charge in [0.2, 0.25) is 0 Å². The van der Waals surface area contributed by atoms with Gasteiger partial charge in [0.1, 0.15) is 11.4 Å². The van der Waals surface area contributed by atoms with E-state index in [1.54, 1.807) is 29.2 Å². The predicted molar refractivity (Wildman–Crippen MR) is 120 cm³/mol. The number of hydrogen-bond donors (Lipinski definition) is 1. The van der Waals surface area contributed by atoms with E-state index in [0.717, 1.165) is 24.0 Å². The van der Waals surface area contributed by atoms with E-state index >= 15 is 0 Å². The number of benzene rings is 1. The molecule has 0 unspecified atom stereocenters. The largest absolute Gasteiger partial charge is 0.443 e. The van der Waals surface area contributed by atoms with E-state index in [9.17, 15) is 9.59 Å². The highest BCUT2D eigenvalue weighted by molar-refractivity contribution is 5.86. The molecule has 0 radical (unpaired) electrons. The summed E-state index contributed by atoms with van der Waals surface area (Å²) < 4.78 is 10.7. The van der Waals surface area contributed by atoms with E-state index in [1.165, 1.54) is 6.08 Å². The van der Waals surface area contributed by atoms with Crippen molar-refractivity contribution in [2.24, 2.45) is 0 Å². The molecule has 6 nitrogen and oxygen atoms in total. The topological polar surface area (TPSA) is 67.9 Å². The van der Waals surface area contributed by atoms with Gasteiger partial charge in [-0.3, -0.25) is 10.2 Å². The Labute approximate surface area is 178 Å². The molecule has 1 aliphatic rings. The van der Waals surface area contributed by atoms with Gasteiger partial charge >= 0.3 is 12.2 Å². The Bertz CT molecular complexity index is 858. The summed E-state index contributed by atoms with van der Waals surface area (Å²) in [6.07, 6.45) is 9.35. The predicted octanol–water partition coefficient (Wildman–Crippen LogP) is 6.25. The molecule has 2 rings (SSSR count). The summed E-state index contributed by atoms with van der Waals surface area (Å²) in [5.74, 6) is 0.358. The molecule has 0 spiro atoms. The molecular weight excluding hydrogens is 380 g/mol. The summed E-state index contributed by atoms with van der Waals surface area (Å²) in [6, 6.07) is 7.41. The van der Waals surface area contributed by atoms with Gasteiger partial charge in [-0.05, 0) is 76.0 Å². The maximum absolute atomic E-state index is 12.3. The second kappa shape index (κ2) is 10.5. The van der Waals surface area contributed by atoms with Gasteiger partial charge < -0.3 is 9.47 Å². The van der Waals surface area contributed by atoms with Crippen LogP contribution in [0.1, 0.15) is 46.1 Å². The van der Waals surface area contributed by atoms with Gasteiger partial charge in [0.25, 0.3) is 0 Å². The van der Waals surface area contributed by atoms with Crippen LogP contribution in [-0.4, -0.2) is 29.2 Å². The second-order valence-electron chi connectivity index (χ2n) is 7.82. The lowest BCUT2D eigenvalue weighted by atomic mass is 9.99. The van der Waals surface area contributed by atoms with Crippen LogP contribution in [0.15, 0.2) is 67.1 Å². The van der Waals surface area contributed by atoms with Crippen LogP contribution >= 0.6 is 0 Å². The summed E-state index contributed by atoms with van der Waals surface area (Å²) in [6.45, 7) is 11.7. The van der Waals surface area contributed by atoms with Crippen molar-refractivity contribution in [1.29, 1.82) is 0 Å². The van der Waals surface area contributed by atoms with Crippen LogP contribution in [0.2, 0.25) is 0 Å². The molecule has 0 atom stereocenters. The summed E-state index contributed by atoms with van der Waals surface area (Å²) in [4.78, 5) is 26.0. The molecule has 30 heavy (non-hydrogen) atoms. The summed E-state index contributed by atoms with van der Waals surface area (Å²) >= 11 is 0. The molecular formula is C24H30N2O4. The van der Waals surface area contributed by atoms with Crippen LogP contribution < -0.4 is 5.32 Å². The second-order valence-corrected chi connectivity index (χ2v) is 7.82. The summed E-state index contributed by atoms with van der Waals surface area (Å²) in [5.41, 5.74) is 2.11. The fraction of sp³-hybridized carbons (Fsp3) is 0.333. The first kappa shape index (κ1) is 23.0. The number of rotatable bonds is 5. The standard InChI is InChI=1S/C24H30N2O4/c1-6-8-11-21(7-2)29-22(27)25-20-14-12-18(13-15-20)19-10-9-16-26(17-19)23(28)30-24(3,4)5/h6-8,11-15,17H,2,9-10,16H2,1,3-5H3,(H,25,27)/b8-6-,21-11+. The molecule has 0 saturated heterocycles. The van der Waals surface area contributed by atoms with Crippen LogP contribution in [0.25, 0.3) is 5.57 Å². The Kier molecular flexibility index (Phi) is 8.04. The Morgan fingerprint density at radius 1 is 1.20 bits per heavy atom. The third kappa shape index (κ3) is 7.28. The molecule has 0 bridgehead atoms. The number of carbonyl (C=O) groups is 2. The van der Waals surface area contributed by atoms with Crippen molar-refractivity contribution in [3.63, 3.8) is 0 Å². The van der Waals surface area contributed by atoms with Gasteiger partial charge in [-0.15, -0.1) is 0 Å². The fourth-order valence-electron chi connectivity index (χ4n) is 2.79. The number of hydrogen-bond acceptors (Lipinski definition) is 4. The van der Waals surface area contributed by atoms with Crippen molar-refractivity contribution >= 4 is 23.4 Å². The zero-order valence-electron chi connectivity index (χ0n) is 18.1. The molecule has 1 aliphatic heterocycles. The number of ether oxygens (including phenoxy) is 2. The molecule has 0 saturated carbocycles. The van der Waals surface area contributed by atoms with E-state index in [2.05, 4.69) is 11.9 Å². The van der Waals surface area contributed by atoms with E-state index in [1.807, 2.05) is 52.1 Å². The van der Waals surface area contributed by atoms with E-state index in [4.69, 9.17) is 9.47 Å². The maximum Gasteiger partial charge on any atom is 0.417 e.